The Labute approximate surface area is 180 Å². The number of anilines is 1. The highest BCUT2D eigenvalue weighted by Gasteiger charge is 2.49. The normalized spacial score (nSPS) is 24.1. The van der Waals surface area contributed by atoms with Gasteiger partial charge >= 0.3 is 0 Å². The molecule has 0 N–H and O–H groups in total. The first-order chi connectivity index (χ1) is 13.7. The van der Waals surface area contributed by atoms with Crippen molar-refractivity contribution in [3.8, 4) is 0 Å². The third-order valence-electron chi connectivity index (χ3n) is 5.32. The van der Waals surface area contributed by atoms with Gasteiger partial charge in [-0.05, 0) is 54.8 Å². The molecule has 2 saturated heterocycles. The summed E-state index contributed by atoms with van der Waals surface area (Å²) in [6, 6.07) is 12.9. The van der Waals surface area contributed by atoms with Crippen molar-refractivity contribution in [2.24, 2.45) is 4.99 Å². The molecule has 4 rings (SSSR count). The number of fused-ring (bicyclic) bond motifs is 1. The van der Waals surface area contributed by atoms with E-state index in [1.807, 2.05) is 49.1 Å². The van der Waals surface area contributed by atoms with Gasteiger partial charge in [0.2, 0.25) is 0 Å². The highest BCUT2D eigenvalue weighted by Crippen LogP contribution is 2.41. The fourth-order valence-electron chi connectivity index (χ4n) is 3.66. The lowest BCUT2D eigenvalue weighted by Crippen LogP contribution is -2.37. The minimum Gasteiger partial charge on any atom is -0.316 e. The van der Waals surface area contributed by atoms with Crippen LogP contribution in [0.2, 0.25) is 5.02 Å². The average molecular weight is 449 g/mol. The van der Waals surface area contributed by atoms with Crippen LogP contribution in [0.15, 0.2) is 47.5 Å². The second-order valence-corrected chi connectivity index (χ2v) is 11.3. The molecule has 1 amide bonds. The number of sulfone groups is 1. The summed E-state index contributed by atoms with van der Waals surface area (Å²) in [6.07, 6.45) is 0.176. The summed E-state index contributed by atoms with van der Waals surface area (Å²) in [4.78, 5) is 18.9. The zero-order chi connectivity index (χ0) is 20.8. The zero-order valence-corrected chi connectivity index (χ0v) is 18.5. The number of benzene rings is 2. The number of amidine groups is 1. The molecule has 152 valence electrons. The maximum atomic E-state index is 12.6. The fourth-order valence-corrected chi connectivity index (χ4v) is 7.72. The number of thioether (sulfide) groups is 1. The first kappa shape index (κ1) is 20.4. The lowest BCUT2D eigenvalue weighted by atomic mass is 10.1. The molecule has 29 heavy (non-hydrogen) atoms. The molecule has 2 aromatic rings. The first-order valence-corrected chi connectivity index (χ1v) is 12.4. The smallest absolute Gasteiger partial charge is 0.252 e. The highest BCUT2D eigenvalue weighted by molar-refractivity contribution is 8.16. The molecule has 0 aliphatic carbocycles. The van der Waals surface area contributed by atoms with E-state index in [9.17, 15) is 13.2 Å². The van der Waals surface area contributed by atoms with Crippen molar-refractivity contribution in [2.75, 3.05) is 16.4 Å². The summed E-state index contributed by atoms with van der Waals surface area (Å²) in [6.45, 7) is 4.05. The van der Waals surface area contributed by atoms with Gasteiger partial charge in [0.25, 0.3) is 5.91 Å². The van der Waals surface area contributed by atoms with Crippen LogP contribution >= 0.6 is 23.4 Å². The summed E-state index contributed by atoms with van der Waals surface area (Å²) >= 11 is 7.30. The van der Waals surface area contributed by atoms with Crippen LogP contribution in [-0.4, -0.2) is 42.3 Å². The highest BCUT2D eigenvalue weighted by atomic mass is 35.5. The van der Waals surface area contributed by atoms with E-state index in [0.717, 1.165) is 22.4 Å². The number of carbonyl (C=O) groups is 1. The standard InChI is InChI=1S/C21H21ClN2O3S2/c1-13-3-8-17(9-14(13)2)24-18-11-29(26,27)12-19(18)28-21(24)23-20(25)10-15-4-6-16(22)7-5-15/h3-9,18-19H,10-12H2,1-2H3. The van der Waals surface area contributed by atoms with E-state index in [4.69, 9.17) is 11.6 Å². The van der Waals surface area contributed by atoms with Crippen molar-refractivity contribution in [3.63, 3.8) is 0 Å². The van der Waals surface area contributed by atoms with E-state index < -0.39 is 9.84 Å². The van der Waals surface area contributed by atoms with Crippen LogP contribution in [0.5, 0.6) is 0 Å². The molecule has 5 nitrogen and oxygen atoms in total. The van der Waals surface area contributed by atoms with Crippen LogP contribution in [0.1, 0.15) is 16.7 Å². The number of amides is 1. The van der Waals surface area contributed by atoms with E-state index >= 15 is 0 Å². The zero-order valence-electron chi connectivity index (χ0n) is 16.1. The molecular weight excluding hydrogens is 428 g/mol. The minimum absolute atomic E-state index is 0.0853. The maximum absolute atomic E-state index is 12.6. The first-order valence-electron chi connectivity index (χ1n) is 9.31. The van der Waals surface area contributed by atoms with Gasteiger partial charge in [-0.15, -0.1) is 0 Å². The average Bonchev–Trinajstić information content (AvgIpc) is 3.10. The third kappa shape index (κ3) is 4.37. The van der Waals surface area contributed by atoms with Crippen molar-refractivity contribution >= 4 is 50.0 Å². The van der Waals surface area contributed by atoms with E-state index in [-0.39, 0.29) is 35.1 Å². The Morgan fingerprint density at radius 3 is 2.55 bits per heavy atom. The topological polar surface area (TPSA) is 66.8 Å². The number of hydrogen-bond acceptors (Lipinski definition) is 4. The summed E-state index contributed by atoms with van der Waals surface area (Å²) in [7, 11) is -3.08. The molecular formula is C21H21ClN2O3S2. The third-order valence-corrected chi connectivity index (χ3v) is 8.79. The molecule has 0 aromatic heterocycles. The second-order valence-electron chi connectivity index (χ2n) is 7.53. The summed E-state index contributed by atoms with van der Waals surface area (Å²) in [5.41, 5.74) is 3.99. The van der Waals surface area contributed by atoms with Crippen LogP contribution in [0, 0.1) is 13.8 Å². The molecule has 8 heteroatoms. The summed E-state index contributed by atoms with van der Waals surface area (Å²) in [5, 5.41) is 1.09. The van der Waals surface area contributed by atoms with Gasteiger partial charge in [-0.25, -0.2) is 8.42 Å². The van der Waals surface area contributed by atoms with Crippen LogP contribution in [0.4, 0.5) is 5.69 Å². The molecule has 2 heterocycles. The van der Waals surface area contributed by atoms with Gasteiger partial charge in [0.1, 0.15) is 0 Å². The van der Waals surface area contributed by atoms with Crippen LogP contribution in [0.25, 0.3) is 0 Å². The lowest BCUT2D eigenvalue weighted by Gasteiger charge is -2.25. The van der Waals surface area contributed by atoms with Crippen molar-refractivity contribution in [3.05, 3.63) is 64.2 Å². The Morgan fingerprint density at radius 2 is 1.86 bits per heavy atom. The van der Waals surface area contributed by atoms with Gasteiger partial charge in [0.05, 0.1) is 24.0 Å². The van der Waals surface area contributed by atoms with Crippen molar-refractivity contribution in [1.29, 1.82) is 0 Å². The van der Waals surface area contributed by atoms with Crippen LogP contribution in [0.3, 0.4) is 0 Å². The van der Waals surface area contributed by atoms with Crippen molar-refractivity contribution in [1.82, 2.24) is 0 Å². The number of rotatable bonds is 3. The Morgan fingerprint density at radius 1 is 1.14 bits per heavy atom. The lowest BCUT2D eigenvalue weighted by molar-refractivity contribution is -0.117. The summed E-state index contributed by atoms with van der Waals surface area (Å²) in [5.74, 6) is -0.0535. The monoisotopic (exact) mass is 448 g/mol. The molecule has 0 saturated carbocycles. The van der Waals surface area contributed by atoms with Crippen LogP contribution < -0.4 is 4.90 Å². The minimum atomic E-state index is -3.08. The fraction of sp³-hybridized carbons (Fsp3) is 0.333. The number of aliphatic imine (C=N–C) groups is 1. The molecule has 2 aliphatic heterocycles. The molecule has 2 atom stereocenters. The number of halogens is 1. The summed E-state index contributed by atoms with van der Waals surface area (Å²) < 4.78 is 24.4. The Bertz CT molecular complexity index is 1100. The quantitative estimate of drug-likeness (QED) is 0.714. The van der Waals surface area contributed by atoms with Gasteiger partial charge in [-0.1, -0.05) is 41.6 Å². The predicted molar refractivity (Wildman–Crippen MR) is 120 cm³/mol. The predicted octanol–water partition coefficient (Wildman–Crippen LogP) is 3.80. The maximum Gasteiger partial charge on any atom is 0.252 e. The second kappa shape index (κ2) is 7.78. The van der Waals surface area contributed by atoms with Gasteiger partial charge in [0.15, 0.2) is 15.0 Å². The van der Waals surface area contributed by atoms with Crippen LogP contribution in [-0.2, 0) is 21.1 Å². The van der Waals surface area contributed by atoms with Crippen molar-refractivity contribution in [2.45, 2.75) is 31.6 Å². The molecule has 2 aromatic carbocycles. The molecule has 2 aliphatic rings. The van der Waals surface area contributed by atoms with Gasteiger partial charge in [0, 0.05) is 16.0 Å². The molecule has 2 fully saturated rings. The molecule has 0 spiro atoms. The number of carbonyl (C=O) groups excluding carboxylic acids is 1. The van der Waals surface area contributed by atoms with E-state index in [2.05, 4.69) is 4.99 Å². The van der Waals surface area contributed by atoms with Gasteiger partial charge in [-0.2, -0.15) is 4.99 Å². The number of hydrogen-bond donors (Lipinski definition) is 0. The number of aryl methyl sites for hydroxylation is 2. The van der Waals surface area contributed by atoms with E-state index in [0.29, 0.717) is 10.2 Å². The van der Waals surface area contributed by atoms with Gasteiger partial charge < -0.3 is 4.90 Å². The molecule has 0 bridgehead atoms. The van der Waals surface area contributed by atoms with E-state index in [1.54, 1.807) is 12.1 Å². The van der Waals surface area contributed by atoms with Crippen molar-refractivity contribution < 1.29 is 13.2 Å². The molecule has 0 radical (unpaired) electrons. The van der Waals surface area contributed by atoms with Gasteiger partial charge in [-0.3, -0.25) is 4.79 Å². The Hall–Kier alpha value is -1.83. The van der Waals surface area contributed by atoms with E-state index in [1.165, 1.54) is 11.8 Å². The number of nitrogens with zero attached hydrogens (tertiary/aromatic N) is 2. The largest absolute Gasteiger partial charge is 0.316 e. The Balaban J connectivity index is 1.65. The Kier molecular flexibility index (Phi) is 5.48. The SMILES string of the molecule is Cc1ccc(N2C(=NC(=O)Cc3ccc(Cl)cc3)SC3CS(=O)(=O)CC32)cc1C. The molecule has 2 unspecified atom stereocenters.